The zero-order valence-corrected chi connectivity index (χ0v) is 31.4. The number of methoxy groups -OCH3 is 1. The molecule has 1 aromatic heterocycles. The Morgan fingerprint density at radius 1 is 0.600 bits per heavy atom. The predicted octanol–water partition coefficient (Wildman–Crippen LogP) is 10.8. The monoisotopic (exact) mass is 669 g/mol. The molecule has 4 aromatic carbocycles. The van der Waals surface area contributed by atoms with Crippen LogP contribution in [0.25, 0.3) is 44.8 Å². The van der Waals surface area contributed by atoms with Gasteiger partial charge in [0, 0.05) is 11.1 Å². The SMILES string of the molecule is COc1cc(-c2ccccc2)c(F)cc1-c1cc(-c2cc(C(C)(C)C)cc(C(C)(C)C)c2)cc(-c2cccc(B3OC(C)(C)C(C)(C)O3)c2)n1. The molecule has 258 valence electrons. The number of hydrogen-bond donors (Lipinski definition) is 0. The molecule has 0 saturated carbocycles. The number of halogens is 1. The van der Waals surface area contributed by atoms with Gasteiger partial charge in [-0.1, -0.05) is 114 Å². The molecule has 0 N–H and O–H groups in total. The van der Waals surface area contributed by atoms with E-state index in [0.29, 0.717) is 22.6 Å². The lowest BCUT2D eigenvalue weighted by Gasteiger charge is -2.32. The van der Waals surface area contributed by atoms with Crippen molar-refractivity contribution in [2.75, 3.05) is 7.11 Å². The summed E-state index contributed by atoms with van der Waals surface area (Å²) in [6, 6.07) is 32.1. The van der Waals surface area contributed by atoms with Crippen molar-refractivity contribution in [3.05, 3.63) is 114 Å². The van der Waals surface area contributed by atoms with Crippen LogP contribution in [-0.4, -0.2) is 30.4 Å². The Morgan fingerprint density at radius 2 is 1.16 bits per heavy atom. The van der Waals surface area contributed by atoms with Crippen molar-refractivity contribution in [3.63, 3.8) is 0 Å². The number of benzene rings is 4. The van der Waals surface area contributed by atoms with Crippen molar-refractivity contribution in [2.24, 2.45) is 0 Å². The summed E-state index contributed by atoms with van der Waals surface area (Å²) in [5, 5.41) is 0. The lowest BCUT2D eigenvalue weighted by molar-refractivity contribution is 0.00578. The first-order chi connectivity index (χ1) is 23.4. The minimum Gasteiger partial charge on any atom is -0.496 e. The Balaban J connectivity index is 1.57. The molecule has 50 heavy (non-hydrogen) atoms. The molecule has 0 unspecified atom stereocenters. The Kier molecular flexibility index (Phi) is 9.11. The summed E-state index contributed by atoms with van der Waals surface area (Å²) in [5.41, 5.74) is 8.53. The van der Waals surface area contributed by atoms with Crippen LogP contribution in [0.4, 0.5) is 4.39 Å². The number of ether oxygens (including phenoxy) is 1. The lowest BCUT2D eigenvalue weighted by Crippen LogP contribution is -2.41. The largest absolute Gasteiger partial charge is 0.496 e. The molecule has 0 spiro atoms. The van der Waals surface area contributed by atoms with Crippen LogP contribution in [0, 0.1) is 5.82 Å². The Bertz CT molecular complexity index is 1990. The molecule has 6 rings (SSSR count). The van der Waals surface area contributed by atoms with Crippen LogP contribution in [0.2, 0.25) is 0 Å². The first-order valence-corrected chi connectivity index (χ1v) is 17.4. The van der Waals surface area contributed by atoms with E-state index < -0.39 is 18.3 Å². The van der Waals surface area contributed by atoms with Gasteiger partial charge in [-0.3, -0.25) is 0 Å². The van der Waals surface area contributed by atoms with E-state index in [4.69, 9.17) is 19.0 Å². The standard InChI is InChI=1S/C44H49BFNO3/c1-41(2,3)32-20-30(21-33(25-32)42(4,5)6)31-23-38(29-18-15-19-34(22-29)45-49-43(7,8)44(9,10)50-45)47-39(24-31)36-26-37(46)35(27-40(36)48-11)28-16-13-12-14-17-28/h12-27H,1-11H3. The third-order valence-corrected chi connectivity index (χ3v) is 10.2. The first kappa shape index (κ1) is 35.6. The van der Waals surface area contributed by atoms with E-state index in [-0.39, 0.29) is 16.6 Å². The van der Waals surface area contributed by atoms with Gasteiger partial charge in [0.2, 0.25) is 0 Å². The average molecular weight is 670 g/mol. The smallest absolute Gasteiger partial charge is 0.494 e. The molecule has 0 aliphatic carbocycles. The molecule has 1 saturated heterocycles. The van der Waals surface area contributed by atoms with Crippen molar-refractivity contribution in [3.8, 4) is 50.5 Å². The van der Waals surface area contributed by atoms with Gasteiger partial charge in [-0.25, -0.2) is 9.37 Å². The summed E-state index contributed by atoms with van der Waals surface area (Å²) in [4.78, 5) is 5.19. The second-order valence-corrected chi connectivity index (χ2v) is 16.5. The molecule has 1 aliphatic heterocycles. The fourth-order valence-electron chi connectivity index (χ4n) is 6.23. The highest BCUT2D eigenvalue weighted by Crippen LogP contribution is 2.41. The third kappa shape index (κ3) is 7.01. The quantitative estimate of drug-likeness (QED) is 0.169. The Hall–Kier alpha value is -4.26. The summed E-state index contributed by atoms with van der Waals surface area (Å²) in [7, 11) is 1.10. The Labute approximate surface area is 298 Å². The van der Waals surface area contributed by atoms with Crippen molar-refractivity contribution >= 4 is 12.6 Å². The maximum Gasteiger partial charge on any atom is 0.494 e. The second kappa shape index (κ2) is 12.8. The predicted molar refractivity (Wildman–Crippen MR) is 206 cm³/mol. The molecule has 5 aromatic rings. The highest BCUT2D eigenvalue weighted by Gasteiger charge is 2.51. The molecule has 0 radical (unpaired) electrons. The molecule has 0 amide bonds. The number of hydrogen-bond acceptors (Lipinski definition) is 4. The summed E-state index contributed by atoms with van der Waals surface area (Å²) < 4.78 is 34.7. The van der Waals surface area contributed by atoms with E-state index in [9.17, 15) is 0 Å². The molecular formula is C44H49BFNO3. The molecular weight excluding hydrogens is 620 g/mol. The molecule has 2 heterocycles. The number of pyridine rings is 1. The van der Waals surface area contributed by atoms with E-state index in [2.05, 4.69) is 106 Å². The summed E-state index contributed by atoms with van der Waals surface area (Å²) in [6.07, 6.45) is 0. The molecule has 0 bridgehead atoms. The van der Waals surface area contributed by atoms with Crippen LogP contribution in [-0.2, 0) is 20.1 Å². The normalized spacial score (nSPS) is 15.7. The number of nitrogens with zero attached hydrogens (tertiary/aromatic N) is 1. The second-order valence-electron chi connectivity index (χ2n) is 16.5. The van der Waals surface area contributed by atoms with Gasteiger partial charge in [-0.05, 0) is 102 Å². The minimum absolute atomic E-state index is 0.0640. The van der Waals surface area contributed by atoms with Crippen molar-refractivity contribution < 1.29 is 18.4 Å². The fraction of sp³-hybridized carbons (Fsp3) is 0.341. The van der Waals surface area contributed by atoms with Gasteiger partial charge in [0.15, 0.2) is 0 Å². The Morgan fingerprint density at radius 3 is 1.74 bits per heavy atom. The van der Waals surface area contributed by atoms with Crippen molar-refractivity contribution in [1.29, 1.82) is 0 Å². The van der Waals surface area contributed by atoms with Gasteiger partial charge < -0.3 is 14.0 Å². The maximum atomic E-state index is 16.0. The molecule has 1 aliphatic rings. The first-order valence-electron chi connectivity index (χ1n) is 17.4. The van der Waals surface area contributed by atoms with Gasteiger partial charge in [0.1, 0.15) is 11.6 Å². The third-order valence-electron chi connectivity index (χ3n) is 10.2. The van der Waals surface area contributed by atoms with Crippen molar-refractivity contribution in [2.45, 2.75) is 91.3 Å². The molecule has 1 fully saturated rings. The van der Waals surface area contributed by atoms with Gasteiger partial charge in [0.25, 0.3) is 0 Å². The van der Waals surface area contributed by atoms with Crippen LogP contribution in [0.5, 0.6) is 5.75 Å². The van der Waals surface area contributed by atoms with E-state index >= 15 is 4.39 Å². The highest BCUT2D eigenvalue weighted by atomic mass is 19.1. The van der Waals surface area contributed by atoms with Gasteiger partial charge in [-0.2, -0.15) is 0 Å². The zero-order valence-electron chi connectivity index (χ0n) is 31.4. The van der Waals surface area contributed by atoms with Crippen LogP contribution >= 0.6 is 0 Å². The maximum absolute atomic E-state index is 16.0. The van der Waals surface area contributed by atoms with Crippen LogP contribution in [0.15, 0.2) is 97.1 Å². The van der Waals surface area contributed by atoms with Crippen LogP contribution < -0.4 is 10.2 Å². The van der Waals surface area contributed by atoms with E-state index in [1.54, 1.807) is 19.2 Å². The van der Waals surface area contributed by atoms with Gasteiger partial charge in [-0.15, -0.1) is 0 Å². The highest BCUT2D eigenvalue weighted by molar-refractivity contribution is 6.62. The molecule has 6 heteroatoms. The summed E-state index contributed by atoms with van der Waals surface area (Å²) in [6.45, 7) is 21.7. The molecule has 4 nitrogen and oxygen atoms in total. The minimum atomic E-state index is -0.514. The summed E-state index contributed by atoms with van der Waals surface area (Å²) in [5.74, 6) is 0.207. The van der Waals surface area contributed by atoms with Crippen LogP contribution in [0.3, 0.4) is 0 Å². The topological polar surface area (TPSA) is 40.6 Å². The fourth-order valence-corrected chi connectivity index (χ4v) is 6.23. The van der Waals surface area contributed by atoms with E-state index in [1.165, 1.54) is 11.1 Å². The van der Waals surface area contributed by atoms with Gasteiger partial charge >= 0.3 is 7.12 Å². The summed E-state index contributed by atoms with van der Waals surface area (Å²) >= 11 is 0. The number of aromatic nitrogens is 1. The zero-order chi connectivity index (χ0) is 36.2. The van der Waals surface area contributed by atoms with Crippen molar-refractivity contribution in [1.82, 2.24) is 4.98 Å². The van der Waals surface area contributed by atoms with E-state index in [0.717, 1.165) is 33.4 Å². The average Bonchev–Trinajstić information content (AvgIpc) is 3.29. The molecule has 0 atom stereocenters. The van der Waals surface area contributed by atoms with E-state index in [1.807, 2.05) is 48.5 Å². The van der Waals surface area contributed by atoms with Crippen LogP contribution in [0.1, 0.15) is 80.4 Å². The van der Waals surface area contributed by atoms with Gasteiger partial charge in [0.05, 0.1) is 29.7 Å². The lowest BCUT2D eigenvalue weighted by atomic mass is 9.78. The number of rotatable bonds is 6.